The molecule has 1 fully saturated rings. The molecule has 122 valence electrons. The van der Waals surface area contributed by atoms with Crippen LogP contribution in [0, 0.1) is 0 Å². The van der Waals surface area contributed by atoms with Crippen molar-refractivity contribution >= 4 is 11.8 Å². The Morgan fingerprint density at radius 3 is 2.29 bits per heavy atom. The van der Waals surface area contributed by atoms with Gasteiger partial charge >= 0.3 is 6.18 Å². The van der Waals surface area contributed by atoms with Gasteiger partial charge < -0.3 is 15.5 Å². The summed E-state index contributed by atoms with van der Waals surface area (Å²) in [5.41, 5.74) is 0. The number of nitrogens with zero attached hydrogens (tertiary/aromatic N) is 2. The fourth-order valence-electron chi connectivity index (χ4n) is 2.03. The van der Waals surface area contributed by atoms with E-state index in [1.165, 1.54) is 4.90 Å². The molecule has 0 radical (unpaired) electrons. The second kappa shape index (κ2) is 8.18. The van der Waals surface area contributed by atoms with E-state index in [-0.39, 0.29) is 24.9 Å². The average molecular weight is 310 g/mol. The van der Waals surface area contributed by atoms with Gasteiger partial charge in [0.2, 0.25) is 11.8 Å². The van der Waals surface area contributed by atoms with Crippen LogP contribution >= 0.6 is 0 Å². The average Bonchev–Trinajstić information content (AvgIpc) is 2.38. The van der Waals surface area contributed by atoms with Crippen LogP contribution in [0.15, 0.2) is 0 Å². The third kappa shape index (κ3) is 7.28. The Morgan fingerprint density at radius 1 is 1.14 bits per heavy atom. The minimum absolute atomic E-state index is 0.0656. The number of carbonyl (C=O) groups is 2. The van der Waals surface area contributed by atoms with Crippen LogP contribution in [-0.4, -0.2) is 80.1 Å². The van der Waals surface area contributed by atoms with Gasteiger partial charge in [-0.1, -0.05) is 0 Å². The first-order valence-electron chi connectivity index (χ1n) is 6.86. The van der Waals surface area contributed by atoms with Crippen LogP contribution in [0.4, 0.5) is 13.2 Å². The second-order valence-corrected chi connectivity index (χ2v) is 4.83. The van der Waals surface area contributed by atoms with Crippen LogP contribution in [0.5, 0.6) is 0 Å². The molecule has 1 saturated heterocycles. The quantitative estimate of drug-likeness (QED) is 0.689. The Bertz CT molecular complexity index is 355. The van der Waals surface area contributed by atoms with Gasteiger partial charge in [0.1, 0.15) is 0 Å². The summed E-state index contributed by atoms with van der Waals surface area (Å²) in [6, 6.07) is 0. The van der Waals surface area contributed by atoms with Gasteiger partial charge in [-0.3, -0.25) is 14.5 Å². The molecule has 0 aromatic heterocycles. The number of amides is 2. The molecule has 0 unspecified atom stereocenters. The van der Waals surface area contributed by atoms with Crippen molar-refractivity contribution in [3.63, 3.8) is 0 Å². The lowest BCUT2D eigenvalue weighted by Gasteiger charge is -2.34. The van der Waals surface area contributed by atoms with E-state index >= 15 is 0 Å². The smallest absolute Gasteiger partial charge is 0.355 e. The van der Waals surface area contributed by atoms with Crippen molar-refractivity contribution in [3.8, 4) is 0 Å². The molecule has 0 aromatic carbocycles. The molecule has 0 spiro atoms. The van der Waals surface area contributed by atoms with E-state index in [9.17, 15) is 22.8 Å². The highest BCUT2D eigenvalue weighted by molar-refractivity contribution is 5.79. The standard InChI is InChI=1S/C12H21F3N4O2/c1-2-17-10(20)8-18-3-5-19(6-4-18)11(21)7-16-9-12(13,14)15/h16H,2-9H2,1H3,(H,17,20). The fourth-order valence-corrected chi connectivity index (χ4v) is 2.03. The number of halogens is 3. The molecule has 2 N–H and O–H groups in total. The SMILES string of the molecule is CCNC(=O)CN1CCN(C(=O)CNCC(F)(F)F)CC1. The first-order valence-corrected chi connectivity index (χ1v) is 6.86. The molecule has 0 bridgehead atoms. The summed E-state index contributed by atoms with van der Waals surface area (Å²) in [4.78, 5) is 26.6. The lowest BCUT2D eigenvalue weighted by Crippen LogP contribution is -2.53. The van der Waals surface area contributed by atoms with Crippen LogP contribution in [0.25, 0.3) is 0 Å². The summed E-state index contributed by atoms with van der Waals surface area (Å²) in [5, 5.41) is 4.78. The van der Waals surface area contributed by atoms with Gasteiger partial charge in [0.05, 0.1) is 19.6 Å². The predicted molar refractivity (Wildman–Crippen MR) is 70.6 cm³/mol. The topological polar surface area (TPSA) is 64.7 Å². The molecule has 6 nitrogen and oxygen atoms in total. The normalized spacial score (nSPS) is 16.9. The Morgan fingerprint density at radius 2 is 1.76 bits per heavy atom. The van der Waals surface area contributed by atoms with Crippen molar-refractivity contribution in [1.29, 1.82) is 0 Å². The number of nitrogens with one attached hydrogen (secondary N) is 2. The number of carbonyl (C=O) groups excluding carboxylic acids is 2. The second-order valence-electron chi connectivity index (χ2n) is 4.83. The largest absolute Gasteiger partial charge is 0.401 e. The van der Waals surface area contributed by atoms with Crippen LogP contribution in [-0.2, 0) is 9.59 Å². The van der Waals surface area contributed by atoms with Gasteiger partial charge in [-0.05, 0) is 6.92 Å². The molecule has 0 atom stereocenters. The minimum atomic E-state index is -4.31. The summed E-state index contributed by atoms with van der Waals surface area (Å²) < 4.78 is 35.9. The maximum absolute atomic E-state index is 12.0. The third-order valence-corrected chi connectivity index (χ3v) is 3.07. The van der Waals surface area contributed by atoms with Crippen molar-refractivity contribution in [1.82, 2.24) is 20.4 Å². The van der Waals surface area contributed by atoms with E-state index in [0.29, 0.717) is 32.7 Å². The Labute approximate surface area is 121 Å². The molecule has 1 rings (SSSR count). The van der Waals surface area contributed by atoms with E-state index in [0.717, 1.165) is 0 Å². The highest BCUT2D eigenvalue weighted by Gasteiger charge is 2.27. The zero-order chi connectivity index (χ0) is 15.9. The zero-order valence-electron chi connectivity index (χ0n) is 12.0. The van der Waals surface area contributed by atoms with Crippen molar-refractivity contribution in [2.75, 3.05) is 52.4 Å². The molecule has 0 aliphatic carbocycles. The van der Waals surface area contributed by atoms with Gasteiger partial charge in [-0.2, -0.15) is 13.2 Å². The van der Waals surface area contributed by atoms with E-state index in [1.54, 1.807) is 0 Å². The Hall–Kier alpha value is -1.35. The highest BCUT2D eigenvalue weighted by Crippen LogP contribution is 2.12. The molecule has 1 aliphatic rings. The van der Waals surface area contributed by atoms with Crippen molar-refractivity contribution in [2.24, 2.45) is 0 Å². The monoisotopic (exact) mass is 310 g/mol. The van der Waals surface area contributed by atoms with Crippen LogP contribution in [0.2, 0.25) is 0 Å². The number of likely N-dealkylation sites (N-methyl/N-ethyl adjacent to an activating group) is 1. The van der Waals surface area contributed by atoms with Crippen LogP contribution in [0.3, 0.4) is 0 Å². The summed E-state index contributed by atoms with van der Waals surface area (Å²) in [6.07, 6.45) is -4.31. The van der Waals surface area contributed by atoms with Gasteiger partial charge in [0.25, 0.3) is 0 Å². The third-order valence-electron chi connectivity index (χ3n) is 3.07. The van der Waals surface area contributed by atoms with E-state index in [1.807, 2.05) is 11.8 Å². The summed E-state index contributed by atoms with van der Waals surface area (Å²) in [5.74, 6) is -0.416. The molecule has 9 heteroatoms. The molecule has 1 heterocycles. The van der Waals surface area contributed by atoms with Crippen LogP contribution in [0.1, 0.15) is 6.92 Å². The van der Waals surface area contributed by atoms with Crippen molar-refractivity contribution < 1.29 is 22.8 Å². The molecule has 21 heavy (non-hydrogen) atoms. The predicted octanol–water partition coefficient (Wildman–Crippen LogP) is -0.581. The molecular weight excluding hydrogens is 289 g/mol. The number of rotatable bonds is 6. The summed E-state index contributed by atoms with van der Waals surface area (Å²) in [6.45, 7) is 3.13. The number of hydrogen-bond acceptors (Lipinski definition) is 4. The summed E-state index contributed by atoms with van der Waals surface area (Å²) >= 11 is 0. The van der Waals surface area contributed by atoms with Crippen molar-refractivity contribution in [3.05, 3.63) is 0 Å². The highest BCUT2D eigenvalue weighted by atomic mass is 19.4. The maximum atomic E-state index is 12.0. The fraction of sp³-hybridized carbons (Fsp3) is 0.833. The van der Waals surface area contributed by atoms with E-state index in [2.05, 4.69) is 10.6 Å². The lowest BCUT2D eigenvalue weighted by atomic mass is 10.3. The molecule has 1 aliphatic heterocycles. The van der Waals surface area contributed by atoms with E-state index < -0.39 is 12.7 Å². The van der Waals surface area contributed by atoms with Gasteiger partial charge in [0.15, 0.2) is 0 Å². The molecule has 0 saturated carbocycles. The van der Waals surface area contributed by atoms with E-state index in [4.69, 9.17) is 0 Å². The van der Waals surface area contributed by atoms with Crippen LogP contribution < -0.4 is 10.6 Å². The first-order chi connectivity index (χ1) is 9.81. The minimum Gasteiger partial charge on any atom is -0.355 e. The zero-order valence-corrected chi connectivity index (χ0v) is 12.0. The Kier molecular flexibility index (Phi) is 6.90. The van der Waals surface area contributed by atoms with Gasteiger partial charge in [-0.25, -0.2) is 0 Å². The number of hydrogen-bond donors (Lipinski definition) is 2. The lowest BCUT2D eigenvalue weighted by molar-refractivity contribution is -0.135. The van der Waals surface area contributed by atoms with Crippen molar-refractivity contribution in [2.45, 2.75) is 13.1 Å². The molecular formula is C12H21F3N4O2. The molecule has 0 aromatic rings. The molecule has 2 amide bonds. The van der Waals surface area contributed by atoms with Gasteiger partial charge in [0, 0.05) is 32.7 Å². The van der Waals surface area contributed by atoms with Gasteiger partial charge in [-0.15, -0.1) is 0 Å². The summed E-state index contributed by atoms with van der Waals surface area (Å²) in [7, 11) is 0. The Balaban J connectivity index is 2.23. The number of piperazine rings is 1. The maximum Gasteiger partial charge on any atom is 0.401 e. The number of alkyl halides is 3. The first kappa shape index (κ1) is 17.7.